The zero-order valence-electron chi connectivity index (χ0n) is 14.1. The molecule has 1 aromatic rings. The number of benzene rings is 1. The van der Waals surface area contributed by atoms with Gasteiger partial charge in [0.1, 0.15) is 0 Å². The summed E-state index contributed by atoms with van der Waals surface area (Å²) in [5.74, 6) is 1.83. The fourth-order valence-electron chi connectivity index (χ4n) is 3.47. The summed E-state index contributed by atoms with van der Waals surface area (Å²) in [5.41, 5.74) is 2.89. The topological polar surface area (TPSA) is 9.23 Å². The van der Waals surface area contributed by atoms with Crippen LogP contribution in [0.2, 0.25) is 18.1 Å². The van der Waals surface area contributed by atoms with Crippen molar-refractivity contribution in [3.63, 3.8) is 0 Å². The Bertz CT molecular complexity index is 480. The lowest BCUT2D eigenvalue weighted by Crippen LogP contribution is -2.35. The molecule has 1 aliphatic carbocycles. The quantitative estimate of drug-likeness (QED) is 0.571. The van der Waals surface area contributed by atoms with Crippen LogP contribution in [0.1, 0.15) is 57.1 Å². The molecule has 0 radical (unpaired) electrons. The molecule has 1 aliphatic rings. The first-order valence-electron chi connectivity index (χ1n) is 8.59. The Morgan fingerprint density at radius 1 is 1.10 bits per heavy atom. The van der Waals surface area contributed by atoms with Crippen LogP contribution in [0.15, 0.2) is 36.1 Å². The predicted molar refractivity (Wildman–Crippen MR) is 94.1 cm³/mol. The Labute approximate surface area is 131 Å². The van der Waals surface area contributed by atoms with Crippen molar-refractivity contribution in [2.45, 2.75) is 71.0 Å². The zero-order chi connectivity index (χ0) is 15.3. The van der Waals surface area contributed by atoms with Crippen LogP contribution in [0.5, 0.6) is 0 Å². The molecule has 0 saturated carbocycles. The lowest BCUT2D eigenvalue weighted by atomic mass is 9.86. The Morgan fingerprint density at radius 3 is 2.38 bits per heavy atom. The van der Waals surface area contributed by atoms with Gasteiger partial charge in [-0.15, -0.1) is 0 Å². The summed E-state index contributed by atoms with van der Waals surface area (Å²) in [6.07, 6.45) is 6.08. The molecule has 1 nitrogen and oxygen atoms in total. The van der Waals surface area contributed by atoms with E-state index in [0.29, 0.717) is 5.92 Å². The molecule has 0 aliphatic heterocycles. The Balaban J connectivity index is 2.20. The van der Waals surface area contributed by atoms with Crippen molar-refractivity contribution in [1.82, 2.24) is 0 Å². The minimum Gasteiger partial charge on any atom is -0.547 e. The highest BCUT2D eigenvalue weighted by atomic mass is 28.4. The van der Waals surface area contributed by atoms with E-state index in [4.69, 9.17) is 4.43 Å². The van der Waals surface area contributed by atoms with Gasteiger partial charge in [-0.25, -0.2) is 0 Å². The van der Waals surface area contributed by atoms with Gasteiger partial charge in [-0.05, 0) is 55.1 Å². The standard InChI is InChI=1S/C19H30OSi/c1-5-21(6-2,7-3)20-18-13-10-12-17(15-18)19-14-9-8-11-16(19)4/h8-9,11,14-15,17H,5-7,10,12-13H2,1-4H3. The number of hydrogen-bond donors (Lipinski definition) is 0. The lowest BCUT2D eigenvalue weighted by Gasteiger charge is -2.33. The average Bonchev–Trinajstić information content (AvgIpc) is 2.53. The number of aryl methyl sites for hydroxylation is 1. The summed E-state index contributed by atoms with van der Waals surface area (Å²) in [4.78, 5) is 0. The van der Waals surface area contributed by atoms with Gasteiger partial charge in [0.05, 0.1) is 5.76 Å². The third-order valence-corrected chi connectivity index (χ3v) is 9.76. The van der Waals surface area contributed by atoms with Gasteiger partial charge < -0.3 is 4.43 Å². The second-order valence-electron chi connectivity index (χ2n) is 6.33. The van der Waals surface area contributed by atoms with Gasteiger partial charge in [0.25, 0.3) is 0 Å². The van der Waals surface area contributed by atoms with E-state index >= 15 is 0 Å². The molecular weight excluding hydrogens is 272 g/mol. The van der Waals surface area contributed by atoms with Gasteiger partial charge in [-0.2, -0.15) is 0 Å². The van der Waals surface area contributed by atoms with Gasteiger partial charge in [0.2, 0.25) is 8.32 Å². The van der Waals surface area contributed by atoms with Crippen molar-refractivity contribution in [3.8, 4) is 0 Å². The molecule has 1 aromatic carbocycles. The van der Waals surface area contributed by atoms with Crippen LogP contribution in [0, 0.1) is 6.92 Å². The van der Waals surface area contributed by atoms with Crippen molar-refractivity contribution in [2.75, 3.05) is 0 Å². The summed E-state index contributed by atoms with van der Waals surface area (Å²) in [5, 5.41) is 0. The highest BCUT2D eigenvalue weighted by Gasteiger charge is 2.32. The van der Waals surface area contributed by atoms with Crippen LogP contribution >= 0.6 is 0 Å². The molecule has 0 amide bonds. The first-order valence-corrected chi connectivity index (χ1v) is 11.1. The van der Waals surface area contributed by atoms with E-state index in [2.05, 4.69) is 58.0 Å². The summed E-state index contributed by atoms with van der Waals surface area (Å²) in [6.45, 7) is 9.14. The summed E-state index contributed by atoms with van der Waals surface area (Å²) in [7, 11) is -1.52. The first kappa shape index (κ1) is 16.3. The van der Waals surface area contributed by atoms with Gasteiger partial charge in [-0.1, -0.05) is 45.0 Å². The Morgan fingerprint density at radius 2 is 1.76 bits per heavy atom. The zero-order valence-corrected chi connectivity index (χ0v) is 15.1. The van der Waals surface area contributed by atoms with Crippen LogP contribution in [0.3, 0.4) is 0 Å². The lowest BCUT2D eigenvalue weighted by molar-refractivity contribution is 0.360. The van der Waals surface area contributed by atoms with E-state index in [1.54, 1.807) is 0 Å². The monoisotopic (exact) mass is 302 g/mol. The second-order valence-corrected chi connectivity index (χ2v) is 11.0. The molecular formula is C19H30OSi. The SMILES string of the molecule is CC[Si](CC)(CC)OC1=CC(c2ccccc2C)CCC1. The number of allylic oxidation sites excluding steroid dienone is 2. The van der Waals surface area contributed by atoms with Gasteiger partial charge in [0.15, 0.2) is 0 Å². The minimum absolute atomic E-state index is 0.548. The van der Waals surface area contributed by atoms with Gasteiger partial charge in [-0.3, -0.25) is 0 Å². The Kier molecular flexibility index (Phi) is 5.69. The fourth-order valence-corrected chi connectivity index (χ4v) is 6.12. The van der Waals surface area contributed by atoms with Crippen LogP contribution in [-0.2, 0) is 4.43 Å². The summed E-state index contributed by atoms with van der Waals surface area (Å²) < 4.78 is 6.62. The summed E-state index contributed by atoms with van der Waals surface area (Å²) >= 11 is 0. The van der Waals surface area contributed by atoms with Gasteiger partial charge in [0, 0.05) is 12.3 Å². The highest BCUT2D eigenvalue weighted by Crippen LogP contribution is 2.35. The van der Waals surface area contributed by atoms with E-state index in [1.165, 1.54) is 47.9 Å². The molecule has 0 N–H and O–H groups in total. The molecule has 0 fully saturated rings. The average molecular weight is 303 g/mol. The molecule has 0 aromatic heterocycles. The second kappa shape index (κ2) is 7.30. The molecule has 2 rings (SSSR count). The third kappa shape index (κ3) is 3.79. The molecule has 21 heavy (non-hydrogen) atoms. The van der Waals surface area contributed by atoms with Crippen LogP contribution in [-0.4, -0.2) is 8.32 Å². The first-order chi connectivity index (χ1) is 10.1. The van der Waals surface area contributed by atoms with Crippen molar-refractivity contribution < 1.29 is 4.43 Å². The van der Waals surface area contributed by atoms with Crippen molar-refractivity contribution in [3.05, 3.63) is 47.2 Å². The molecule has 2 heteroatoms. The smallest absolute Gasteiger partial charge is 0.250 e. The van der Waals surface area contributed by atoms with E-state index in [-0.39, 0.29) is 0 Å². The van der Waals surface area contributed by atoms with E-state index in [1.807, 2.05) is 0 Å². The van der Waals surface area contributed by atoms with Crippen LogP contribution in [0.25, 0.3) is 0 Å². The largest absolute Gasteiger partial charge is 0.547 e. The molecule has 1 atom stereocenters. The maximum Gasteiger partial charge on any atom is 0.250 e. The van der Waals surface area contributed by atoms with Crippen molar-refractivity contribution in [1.29, 1.82) is 0 Å². The van der Waals surface area contributed by atoms with E-state index in [9.17, 15) is 0 Å². The van der Waals surface area contributed by atoms with Crippen LogP contribution in [0.4, 0.5) is 0 Å². The molecule has 0 bridgehead atoms. The van der Waals surface area contributed by atoms with E-state index < -0.39 is 8.32 Å². The molecule has 116 valence electrons. The maximum atomic E-state index is 6.62. The molecule has 0 spiro atoms. The Hall–Kier alpha value is -1.02. The van der Waals surface area contributed by atoms with Gasteiger partial charge >= 0.3 is 0 Å². The number of rotatable bonds is 6. The summed E-state index contributed by atoms with van der Waals surface area (Å²) in [6, 6.07) is 12.5. The third-order valence-electron chi connectivity index (χ3n) is 5.19. The molecule has 0 saturated heterocycles. The maximum absolute atomic E-state index is 6.62. The fraction of sp³-hybridized carbons (Fsp3) is 0.579. The number of hydrogen-bond acceptors (Lipinski definition) is 1. The molecule has 1 unspecified atom stereocenters. The minimum atomic E-state index is -1.52. The normalized spacial score (nSPS) is 19.2. The van der Waals surface area contributed by atoms with Crippen LogP contribution < -0.4 is 0 Å². The van der Waals surface area contributed by atoms with Crippen molar-refractivity contribution >= 4 is 8.32 Å². The highest BCUT2D eigenvalue weighted by molar-refractivity contribution is 6.73. The van der Waals surface area contributed by atoms with E-state index in [0.717, 1.165) is 6.42 Å². The molecule has 0 heterocycles. The predicted octanol–water partition coefficient (Wildman–Crippen LogP) is 6.17. The van der Waals surface area contributed by atoms with Crippen molar-refractivity contribution in [2.24, 2.45) is 0 Å².